The molecule has 0 fully saturated rings. The Kier molecular flexibility index (Phi) is 2.99. The zero-order chi connectivity index (χ0) is 10.7. The number of aromatic nitrogens is 1. The van der Waals surface area contributed by atoms with E-state index in [1.807, 2.05) is 30.3 Å². The van der Waals surface area contributed by atoms with Gasteiger partial charge in [0, 0.05) is 11.8 Å². The van der Waals surface area contributed by atoms with E-state index in [1.54, 1.807) is 12.3 Å². The minimum Gasteiger partial charge on any atom is -0.392 e. The van der Waals surface area contributed by atoms with Gasteiger partial charge in [0.1, 0.15) is 5.15 Å². The lowest BCUT2D eigenvalue weighted by Crippen LogP contribution is -1.85. The highest BCUT2D eigenvalue weighted by molar-refractivity contribution is 6.29. The molecule has 0 aliphatic rings. The average molecular weight is 220 g/mol. The summed E-state index contributed by atoms with van der Waals surface area (Å²) in [5.41, 5.74) is 2.92. The van der Waals surface area contributed by atoms with Crippen molar-refractivity contribution in [2.75, 3.05) is 0 Å². The Balaban J connectivity index is 2.40. The molecule has 15 heavy (non-hydrogen) atoms. The second-order valence-electron chi connectivity index (χ2n) is 3.23. The van der Waals surface area contributed by atoms with Crippen molar-refractivity contribution < 1.29 is 5.11 Å². The van der Waals surface area contributed by atoms with Gasteiger partial charge in [0.05, 0.1) is 6.61 Å². The van der Waals surface area contributed by atoms with Crippen LogP contribution in [0.5, 0.6) is 0 Å². The number of rotatable bonds is 2. The first-order chi connectivity index (χ1) is 7.29. The Morgan fingerprint density at radius 1 is 1.13 bits per heavy atom. The second kappa shape index (κ2) is 4.43. The molecule has 0 aliphatic heterocycles. The maximum Gasteiger partial charge on any atom is 0.129 e. The van der Waals surface area contributed by atoms with Gasteiger partial charge in [-0.2, -0.15) is 0 Å². The summed E-state index contributed by atoms with van der Waals surface area (Å²) in [7, 11) is 0. The van der Waals surface area contributed by atoms with Crippen LogP contribution in [0.3, 0.4) is 0 Å². The minimum absolute atomic E-state index is 0.0505. The van der Waals surface area contributed by atoms with E-state index in [0.717, 1.165) is 16.7 Å². The highest BCUT2D eigenvalue weighted by atomic mass is 35.5. The van der Waals surface area contributed by atoms with Crippen molar-refractivity contribution in [1.82, 2.24) is 4.98 Å². The summed E-state index contributed by atoms with van der Waals surface area (Å²) in [6.45, 7) is 0.0505. The molecule has 1 aromatic carbocycles. The lowest BCUT2D eigenvalue weighted by atomic mass is 10.1. The van der Waals surface area contributed by atoms with Gasteiger partial charge in [0.2, 0.25) is 0 Å². The number of benzene rings is 1. The lowest BCUT2D eigenvalue weighted by Gasteiger charge is -2.03. The summed E-state index contributed by atoms with van der Waals surface area (Å²) in [4.78, 5) is 4.01. The number of hydrogen-bond donors (Lipinski definition) is 1. The lowest BCUT2D eigenvalue weighted by molar-refractivity contribution is 0.282. The maximum atomic E-state index is 9.02. The van der Waals surface area contributed by atoms with Gasteiger partial charge in [0.25, 0.3) is 0 Å². The van der Waals surface area contributed by atoms with Crippen molar-refractivity contribution >= 4 is 11.6 Å². The highest BCUT2D eigenvalue weighted by Crippen LogP contribution is 2.20. The van der Waals surface area contributed by atoms with Crippen LogP contribution in [0.15, 0.2) is 42.6 Å². The fourth-order valence-electron chi connectivity index (χ4n) is 1.40. The van der Waals surface area contributed by atoms with Gasteiger partial charge < -0.3 is 5.11 Å². The molecule has 2 nitrogen and oxygen atoms in total. The van der Waals surface area contributed by atoms with E-state index in [0.29, 0.717) is 5.15 Å². The predicted octanol–water partition coefficient (Wildman–Crippen LogP) is 2.89. The summed E-state index contributed by atoms with van der Waals surface area (Å²) in [5.74, 6) is 0. The Morgan fingerprint density at radius 2 is 2.00 bits per heavy atom. The molecule has 0 atom stereocenters. The van der Waals surface area contributed by atoms with E-state index < -0.39 is 0 Å². The minimum atomic E-state index is 0.0505. The number of nitrogens with zero attached hydrogens (tertiary/aromatic N) is 1. The zero-order valence-electron chi connectivity index (χ0n) is 8.02. The molecule has 0 unspecified atom stereocenters. The molecule has 0 radical (unpaired) electrons. The standard InChI is InChI=1S/C12H10ClNO/c13-12-5-4-11(7-14-12)10-3-1-2-9(6-10)8-15/h1-7,15H,8H2. The number of hydrogen-bond acceptors (Lipinski definition) is 2. The Hall–Kier alpha value is -1.38. The van der Waals surface area contributed by atoms with Crippen molar-refractivity contribution in [3.8, 4) is 11.1 Å². The average Bonchev–Trinajstić information content (AvgIpc) is 2.30. The van der Waals surface area contributed by atoms with Crippen LogP contribution in [0, 0.1) is 0 Å². The van der Waals surface area contributed by atoms with Crippen LogP contribution < -0.4 is 0 Å². The van der Waals surface area contributed by atoms with Gasteiger partial charge in [-0.05, 0) is 29.3 Å². The van der Waals surface area contributed by atoms with Gasteiger partial charge in [-0.3, -0.25) is 0 Å². The summed E-state index contributed by atoms with van der Waals surface area (Å²) >= 11 is 5.71. The molecule has 0 spiro atoms. The molecular formula is C12H10ClNO. The van der Waals surface area contributed by atoms with Crippen molar-refractivity contribution in [2.45, 2.75) is 6.61 Å². The third-order valence-electron chi connectivity index (χ3n) is 2.17. The number of halogens is 1. The molecule has 0 aliphatic carbocycles. The van der Waals surface area contributed by atoms with Crippen LogP contribution in [0.25, 0.3) is 11.1 Å². The van der Waals surface area contributed by atoms with Crippen molar-refractivity contribution in [3.05, 3.63) is 53.3 Å². The van der Waals surface area contributed by atoms with E-state index in [4.69, 9.17) is 16.7 Å². The van der Waals surface area contributed by atoms with Crippen LogP contribution in [-0.4, -0.2) is 10.1 Å². The van der Waals surface area contributed by atoms with E-state index >= 15 is 0 Å². The monoisotopic (exact) mass is 219 g/mol. The largest absolute Gasteiger partial charge is 0.392 e. The Morgan fingerprint density at radius 3 is 2.67 bits per heavy atom. The van der Waals surface area contributed by atoms with Gasteiger partial charge in [-0.25, -0.2) is 4.98 Å². The second-order valence-corrected chi connectivity index (χ2v) is 3.62. The van der Waals surface area contributed by atoms with E-state index in [-0.39, 0.29) is 6.61 Å². The topological polar surface area (TPSA) is 33.1 Å². The van der Waals surface area contributed by atoms with Crippen LogP contribution in [0.4, 0.5) is 0 Å². The third kappa shape index (κ3) is 2.35. The molecule has 0 saturated carbocycles. The first-order valence-electron chi connectivity index (χ1n) is 4.61. The molecule has 0 saturated heterocycles. The van der Waals surface area contributed by atoms with E-state index in [2.05, 4.69) is 4.98 Å². The van der Waals surface area contributed by atoms with Gasteiger partial charge in [-0.1, -0.05) is 29.8 Å². The fraction of sp³-hybridized carbons (Fsp3) is 0.0833. The van der Waals surface area contributed by atoms with Gasteiger partial charge in [-0.15, -0.1) is 0 Å². The van der Waals surface area contributed by atoms with Crippen LogP contribution in [0.1, 0.15) is 5.56 Å². The van der Waals surface area contributed by atoms with Gasteiger partial charge in [0.15, 0.2) is 0 Å². The Bertz CT molecular complexity index is 453. The number of pyridine rings is 1. The molecule has 2 aromatic rings. The van der Waals surface area contributed by atoms with E-state index in [1.165, 1.54) is 0 Å². The van der Waals surface area contributed by atoms with Crippen molar-refractivity contribution in [1.29, 1.82) is 0 Å². The van der Waals surface area contributed by atoms with Crippen LogP contribution >= 0.6 is 11.6 Å². The fourth-order valence-corrected chi connectivity index (χ4v) is 1.51. The smallest absolute Gasteiger partial charge is 0.129 e. The molecule has 0 amide bonds. The zero-order valence-corrected chi connectivity index (χ0v) is 8.78. The summed E-state index contributed by atoms with van der Waals surface area (Å²) in [5, 5.41) is 9.50. The molecule has 0 bridgehead atoms. The first kappa shape index (κ1) is 10.1. The predicted molar refractivity (Wildman–Crippen MR) is 60.6 cm³/mol. The third-order valence-corrected chi connectivity index (χ3v) is 2.39. The number of aliphatic hydroxyl groups is 1. The summed E-state index contributed by atoms with van der Waals surface area (Å²) in [6.07, 6.45) is 1.72. The highest BCUT2D eigenvalue weighted by Gasteiger charge is 1.99. The molecule has 76 valence electrons. The first-order valence-corrected chi connectivity index (χ1v) is 4.99. The Labute approximate surface area is 93.2 Å². The quantitative estimate of drug-likeness (QED) is 0.788. The van der Waals surface area contributed by atoms with Crippen LogP contribution in [-0.2, 0) is 6.61 Å². The normalized spacial score (nSPS) is 10.3. The summed E-state index contributed by atoms with van der Waals surface area (Å²) in [6, 6.07) is 11.4. The maximum absolute atomic E-state index is 9.02. The molecule has 1 heterocycles. The molecule has 2 rings (SSSR count). The van der Waals surface area contributed by atoms with Gasteiger partial charge >= 0.3 is 0 Å². The molecule has 3 heteroatoms. The molecule has 1 N–H and O–H groups in total. The molecule has 1 aromatic heterocycles. The molecular weight excluding hydrogens is 210 g/mol. The SMILES string of the molecule is OCc1cccc(-c2ccc(Cl)nc2)c1. The van der Waals surface area contributed by atoms with Crippen molar-refractivity contribution in [3.63, 3.8) is 0 Å². The van der Waals surface area contributed by atoms with Crippen LogP contribution in [0.2, 0.25) is 5.15 Å². The number of aliphatic hydroxyl groups excluding tert-OH is 1. The van der Waals surface area contributed by atoms with E-state index in [9.17, 15) is 0 Å². The van der Waals surface area contributed by atoms with Crippen molar-refractivity contribution in [2.24, 2.45) is 0 Å². The summed E-state index contributed by atoms with van der Waals surface area (Å²) < 4.78 is 0.